The summed E-state index contributed by atoms with van der Waals surface area (Å²) in [5, 5.41) is 6.08. The summed E-state index contributed by atoms with van der Waals surface area (Å²) >= 11 is 0. The minimum absolute atomic E-state index is 0.0785. The van der Waals surface area contributed by atoms with Crippen LogP contribution in [0.25, 0.3) is 10.8 Å². The number of rotatable bonds is 5. The molecule has 1 fully saturated rings. The monoisotopic (exact) mass is 405 g/mol. The number of ether oxygens (including phenoxy) is 1. The number of nitrogens with zero attached hydrogens (tertiary/aromatic N) is 1. The third kappa shape index (κ3) is 4.68. The number of carbonyl (C=O) groups excluding carboxylic acids is 1. The molecule has 1 aromatic heterocycles. The van der Waals surface area contributed by atoms with E-state index < -0.39 is 26.8 Å². The molecule has 152 valence electrons. The molecule has 1 aromatic carbocycles. The molecule has 7 nitrogen and oxygen atoms in total. The maximum Gasteiger partial charge on any atom is 0.339 e. The molecular weight excluding hydrogens is 378 g/mol. The highest BCUT2D eigenvalue weighted by atomic mass is 32.2. The predicted molar refractivity (Wildman–Crippen MR) is 108 cm³/mol. The molecule has 0 radical (unpaired) electrons. The normalized spacial score (nSPS) is 17.4. The van der Waals surface area contributed by atoms with Gasteiger partial charge in [-0.2, -0.15) is 0 Å². The van der Waals surface area contributed by atoms with Gasteiger partial charge in [-0.3, -0.25) is 10.3 Å². The molecule has 28 heavy (non-hydrogen) atoms. The predicted octanol–water partition coefficient (Wildman–Crippen LogP) is 2.02. The second-order valence-electron chi connectivity index (χ2n) is 8.00. The quantitative estimate of drug-likeness (QED) is 0.735. The molecule has 2 N–H and O–H groups in total. The lowest BCUT2D eigenvalue weighted by atomic mass is 10.1. The fourth-order valence-electron chi connectivity index (χ4n) is 3.31. The largest absolute Gasteiger partial charge is 0.458 e. The Bertz CT molecular complexity index is 942. The molecule has 0 spiro atoms. The van der Waals surface area contributed by atoms with E-state index in [0.29, 0.717) is 10.8 Å². The molecule has 0 amide bonds. The Morgan fingerprint density at radius 1 is 1.25 bits per heavy atom. The minimum atomic E-state index is -4.03. The molecule has 1 saturated heterocycles. The van der Waals surface area contributed by atoms with Crippen molar-refractivity contribution in [3.63, 3.8) is 0 Å². The van der Waals surface area contributed by atoms with Crippen molar-refractivity contribution in [2.45, 2.75) is 55.5 Å². The van der Waals surface area contributed by atoms with E-state index in [1.165, 1.54) is 6.07 Å². The number of aromatic nitrogens is 1. The van der Waals surface area contributed by atoms with Crippen LogP contribution in [0.5, 0.6) is 0 Å². The summed E-state index contributed by atoms with van der Waals surface area (Å²) in [5.74, 6) is -0.780. The van der Waals surface area contributed by atoms with Gasteiger partial charge < -0.3 is 10.1 Å². The van der Waals surface area contributed by atoms with Gasteiger partial charge in [0.25, 0.3) is 0 Å². The van der Waals surface area contributed by atoms with Crippen LogP contribution in [0.4, 0.5) is 0 Å². The summed E-state index contributed by atoms with van der Waals surface area (Å²) < 4.78 is 32.5. The summed E-state index contributed by atoms with van der Waals surface area (Å²) in [6.45, 7) is 6.73. The van der Waals surface area contributed by atoms with Crippen LogP contribution >= 0.6 is 0 Å². The number of pyridine rings is 1. The SMILES string of the molecule is CC(C)(C)OC(=O)C(NC1CCNCC1)S(=O)(=O)c1cccc2cnccc12. The van der Waals surface area contributed by atoms with Crippen LogP contribution < -0.4 is 10.6 Å². The van der Waals surface area contributed by atoms with Crippen molar-refractivity contribution >= 4 is 26.6 Å². The van der Waals surface area contributed by atoms with Gasteiger partial charge in [0.15, 0.2) is 0 Å². The van der Waals surface area contributed by atoms with E-state index in [1.807, 2.05) is 0 Å². The van der Waals surface area contributed by atoms with Crippen LogP contribution in [0.15, 0.2) is 41.6 Å². The molecule has 0 aliphatic carbocycles. The van der Waals surface area contributed by atoms with Gasteiger partial charge >= 0.3 is 5.97 Å². The van der Waals surface area contributed by atoms with Gasteiger partial charge in [-0.1, -0.05) is 12.1 Å². The van der Waals surface area contributed by atoms with Crippen molar-refractivity contribution < 1.29 is 17.9 Å². The number of carbonyl (C=O) groups is 1. The first kappa shape index (κ1) is 20.7. The molecule has 1 atom stereocenters. The van der Waals surface area contributed by atoms with Crippen LogP contribution in [-0.4, -0.2) is 49.5 Å². The minimum Gasteiger partial charge on any atom is -0.458 e. The van der Waals surface area contributed by atoms with Crippen LogP contribution in [0.2, 0.25) is 0 Å². The molecule has 8 heteroatoms. The summed E-state index contributed by atoms with van der Waals surface area (Å²) in [7, 11) is -4.03. The fourth-order valence-corrected chi connectivity index (χ4v) is 5.00. The smallest absolute Gasteiger partial charge is 0.339 e. The number of piperidine rings is 1. The maximum atomic E-state index is 13.5. The van der Waals surface area contributed by atoms with E-state index in [9.17, 15) is 13.2 Å². The molecule has 1 aliphatic heterocycles. The highest BCUT2D eigenvalue weighted by Gasteiger charge is 2.39. The molecule has 1 aliphatic rings. The highest BCUT2D eigenvalue weighted by Crippen LogP contribution is 2.26. The molecule has 0 bridgehead atoms. The molecule has 1 unspecified atom stereocenters. The van der Waals surface area contributed by atoms with Gasteiger partial charge in [0.2, 0.25) is 15.2 Å². The lowest BCUT2D eigenvalue weighted by Gasteiger charge is -2.30. The average Bonchev–Trinajstić information content (AvgIpc) is 2.65. The second kappa shape index (κ2) is 8.14. The zero-order valence-electron chi connectivity index (χ0n) is 16.4. The Morgan fingerprint density at radius 2 is 1.96 bits per heavy atom. The van der Waals surface area contributed by atoms with Crippen molar-refractivity contribution in [3.8, 4) is 0 Å². The van der Waals surface area contributed by atoms with Crippen molar-refractivity contribution in [3.05, 3.63) is 36.7 Å². The summed E-state index contributed by atoms with van der Waals surface area (Å²) in [6.07, 6.45) is 4.64. The number of nitrogens with one attached hydrogen (secondary N) is 2. The van der Waals surface area contributed by atoms with Crippen LogP contribution in [0, 0.1) is 0 Å². The summed E-state index contributed by atoms with van der Waals surface area (Å²) in [4.78, 5) is 17.0. The topological polar surface area (TPSA) is 97.4 Å². The third-order valence-corrected chi connectivity index (χ3v) is 6.52. The standard InChI is InChI=1S/C20H27N3O4S/c1-20(2,3)27-19(24)18(23-15-7-10-21-11-8-15)28(25,26)17-6-4-5-14-13-22-12-9-16(14)17/h4-6,9,12-13,15,18,21,23H,7-8,10-11H2,1-3H3. The van der Waals surface area contributed by atoms with Crippen molar-refractivity contribution in [1.29, 1.82) is 0 Å². The molecule has 2 heterocycles. The van der Waals surface area contributed by atoms with Crippen molar-refractivity contribution in [2.24, 2.45) is 0 Å². The molecule has 0 saturated carbocycles. The van der Waals surface area contributed by atoms with Crippen LogP contribution in [0.3, 0.4) is 0 Å². The van der Waals surface area contributed by atoms with Gasteiger partial charge in [-0.25, -0.2) is 13.2 Å². The van der Waals surface area contributed by atoms with Gasteiger partial charge in [-0.15, -0.1) is 0 Å². The Morgan fingerprint density at radius 3 is 2.64 bits per heavy atom. The third-order valence-electron chi connectivity index (χ3n) is 4.60. The van der Waals surface area contributed by atoms with Crippen molar-refractivity contribution in [2.75, 3.05) is 13.1 Å². The average molecular weight is 406 g/mol. The van der Waals surface area contributed by atoms with Crippen LogP contribution in [0.1, 0.15) is 33.6 Å². The Hall–Kier alpha value is -2.03. The fraction of sp³-hybridized carbons (Fsp3) is 0.500. The van der Waals surface area contributed by atoms with Gasteiger partial charge in [0.05, 0.1) is 4.90 Å². The highest BCUT2D eigenvalue weighted by molar-refractivity contribution is 7.93. The number of fused-ring (bicyclic) bond motifs is 1. The second-order valence-corrected chi connectivity index (χ2v) is 10.0. The van der Waals surface area contributed by atoms with Gasteiger partial charge in [0.1, 0.15) is 5.60 Å². The Labute approximate surface area is 165 Å². The van der Waals surface area contributed by atoms with E-state index >= 15 is 0 Å². The number of esters is 1. The van der Waals surface area contributed by atoms with Gasteiger partial charge in [-0.05, 0) is 58.8 Å². The maximum absolute atomic E-state index is 13.5. The molecular formula is C20H27N3O4S. The Balaban J connectivity index is 2.02. The zero-order valence-corrected chi connectivity index (χ0v) is 17.3. The van der Waals surface area contributed by atoms with Crippen molar-refractivity contribution in [1.82, 2.24) is 15.6 Å². The number of hydrogen-bond donors (Lipinski definition) is 2. The van der Waals surface area contributed by atoms with E-state index in [1.54, 1.807) is 51.4 Å². The summed E-state index contributed by atoms with van der Waals surface area (Å²) in [5.41, 5.74) is -0.788. The van der Waals surface area contributed by atoms with E-state index in [0.717, 1.165) is 25.9 Å². The Kier molecular flexibility index (Phi) is 6.02. The van der Waals surface area contributed by atoms with E-state index in [4.69, 9.17) is 4.74 Å². The molecule has 3 rings (SSSR count). The zero-order chi connectivity index (χ0) is 20.4. The number of sulfone groups is 1. The van der Waals surface area contributed by atoms with E-state index in [2.05, 4.69) is 15.6 Å². The lowest BCUT2D eigenvalue weighted by Crippen LogP contribution is -2.52. The molecule has 2 aromatic rings. The lowest BCUT2D eigenvalue weighted by molar-refractivity contribution is -0.155. The number of benzene rings is 1. The first-order valence-corrected chi connectivity index (χ1v) is 11.0. The summed E-state index contributed by atoms with van der Waals surface area (Å²) in [6, 6.07) is 6.56. The first-order valence-electron chi connectivity index (χ1n) is 9.45. The van der Waals surface area contributed by atoms with Crippen LogP contribution in [-0.2, 0) is 19.4 Å². The van der Waals surface area contributed by atoms with E-state index in [-0.39, 0.29) is 10.9 Å². The van der Waals surface area contributed by atoms with Gasteiger partial charge in [0, 0.05) is 29.2 Å². The number of hydrogen-bond acceptors (Lipinski definition) is 7. The first-order chi connectivity index (χ1) is 13.2.